The van der Waals surface area contributed by atoms with E-state index in [-0.39, 0.29) is 6.29 Å². The van der Waals surface area contributed by atoms with Crippen molar-refractivity contribution in [2.45, 2.75) is 57.2 Å². The van der Waals surface area contributed by atoms with Crippen molar-refractivity contribution < 1.29 is 9.47 Å². The molecule has 0 atom stereocenters. The highest BCUT2D eigenvalue weighted by Gasteiger charge is 2.21. The van der Waals surface area contributed by atoms with Crippen LogP contribution in [0.5, 0.6) is 0 Å². The zero-order chi connectivity index (χ0) is 16.6. The van der Waals surface area contributed by atoms with Crippen LogP contribution in [0.4, 0.5) is 0 Å². The van der Waals surface area contributed by atoms with E-state index in [2.05, 4.69) is 30.4 Å². The molecule has 3 heteroatoms. The van der Waals surface area contributed by atoms with Gasteiger partial charge in [0.1, 0.15) is 0 Å². The summed E-state index contributed by atoms with van der Waals surface area (Å²) in [5.41, 5.74) is 2.15. The summed E-state index contributed by atoms with van der Waals surface area (Å²) < 4.78 is 11.1. The van der Waals surface area contributed by atoms with Crippen LogP contribution in [0, 0.1) is 17.2 Å². The number of allylic oxidation sites excluding steroid dienone is 1. The van der Waals surface area contributed by atoms with Crippen molar-refractivity contribution in [2.75, 3.05) is 13.2 Å². The summed E-state index contributed by atoms with van der Waals surface area (Å²) in [5.74, 6) is 1.48. The molecule has 0 radical (unpaired) electrons. The van der Waals surface area contributed by atoms with E-state index >= 15 is 0 Å². The minimum Gasteiger partial charge on any atom is -0.352 e. The highest BCUT2D eigenvalue weighted by atomic mass is 16.7. The summed E-state index contributed by atoms with van der Waals surface area (Å²) in [6.45, 7) is 1.66. The average Bonchev–Trinajstić information content (AvgIpc) is 2.67. The third kappa shape index (κ3) is 4.93. The van der Waals surface area contributed by atoms with Gasteiger partial charge in [0, 0.05) is 6.42 Å². The van der Waals surface area contributed by atoms with Gasteiger partial charge in [-0.1, -0.05) is 24.3 Å². The SMILES string of the molecule is N#Cc1ccc(C2CCC(C/C=C/CC3OCCCO3)CC2)cc1. The van der Waals surface area contributed by atoms with E-state index in [1.165, 1.54) is 37.7 Å². The molecule has 2 fully saturated rings. The number of ether oxygens (including phenoxy) is 2. The Morgan fingerprint density at radius 1 is 0.958 bits per heavy atom. The Bertz CT molecular complexity index is 558. The van der Waals surface area contributed by atoms with Crippen molar-refractivity contribution in [3.63, 3.8) is 0 Å². The van der Waals surface area contributed by atoms with E-state index in [4.69, 9.17) is 14.7 Å². The summed E-state index contributed by atoms with van der Waals surface area (Å²) in [7, 11) is 0. The first-order valence-corrected chi connectivity index (χ1v) is 9.23. The molecule has 0 aromatic heterocycles. The topological polar surface area (TPSA) is 42.2 Å². The molecule has 3 nitrogen and oxygen atoms in total. The van der Waals surface area contributed by atoms with Gasteiger partial charge in [-0.3, -0.25) is 0 Å². The Balaban J connectivity index is 1.37. The van der Waals surface area contributed by atoms with Crippen LogP contribution < -0.4 is 0 Å². The number of hydrogen-bond acceptors (Lipinski definition) is 3. The predicted octanol–water partition coefficient (Wildman–Crippen LogP) is 4.93. The molecule has 2 aliphatic rings. The van der Waals surface area contributed by atoms with Gasteiger partial charge in [-0.25, -0.2) is 0 Å². The quantitative estimate of drug-likeness (QED) is 0.721. The number of nitrogens with zero attached hydrogens (tertiary/aromatic N) is 1. The first-order chi connectivity index (χ1) is 11.8. The molecule has 3 rings (SSSR count). The molecule has 0 spiro atoms. The van der Waals surface area contributed by atoms with E-state index < -0.39 is 0 Å². The van der Waals surface area contributed by atoms with E-state index in [9.17, 15) is 0 Å². The minimum atomic E-state index is -0.0258. The fourth-order valence-electron chi connectivity index (χ4n) is 3.73. The molecule has 1 aromatic rings. The van der Waals surface area contributed by atoms with Gasteiger partial charge in [0.25, 0.3) is 0 Å². The minimum absolute atomic E-state index is 0.0258. The Labute approximate surface area is 145 Å². The van der Waals surface area contributed by atoms with Crippen molar-refractivity contribution in [1.82, 2.24) is 0 Å². The van der Waals surface area contributed by atoms with Crippen molar-refractivity contribution in [2.24, 2.45) is 5.92 Å². The van der Waals surface area contributed by atoms with Gasteiger partial charge >= 0.3 is 0 Å². The molecule has 1 aliphatic heterocycles. The average molecular weight is 325 g/mol. The highest BCUT2D eigenvalue weighted by Crippen LogP contribution is 2.37. The lowest BCUT2D eigenvalue weighted by atomic mass is 9.77. The summed E-state index contributed by atoms with van der Waals surface area (Å²) >= 11 is 0. The van der Waals surface area contributed by atoms with E-state index in [0.29, 0.717) is 5.92 Å². The van der Waals surface area contributed by atoms with Crippen molar-refractivity contribution in [1.29, 1.82) is 5.26 Å². The number of benzene rings is 1. The van der Waals surface area contributed by atoms with Crippen molar-refractivity contribution in [3.8, 4) is 6.07 Å². The Morgan fingerprint density at radius 2 is 1.62 bits per heavy atom. The fourth-order valence-corrected chi connectivity index (χ4v) is 3.73. The first kappa shape index (κ1) is 17.2. The smallest absolute Gasteiger partial charge is 0.160 e. The molecule has 1 aromatic carbocycles. The highest BCUT2D eigenvalue weighted by molar-refractivity contribution is 5.33. The summed E-state index contributed by atoms with van der Waals surface area (Å²) in [5, 5.41) is 8.89. The van der Waals surface area contributed by atoms with E-state index in [1.54, 1.807) is 0 Å². The summed E-state index contributed by atoms with van der Waals surface area (Å²) in [6, 6.07) is 10.3. The van der Waals surface area contributed by atoms with Gasteiger partial charge in [-0.2, -0.15) is 5.26 Å². The maximum absolute atomic E-state index is 8.89. The van der Waals surface area contributed by atoms with E-state index in [1.807, 2.05) is 12.1 Å². The van der Waals surface area contributed by atoms with Crippen LogP contribution in [0.3, 0.4) is 0 Å². The lowest BCUT2D eigenvalue weighted by Crippen LogP contribution is -2.23. The largest absolute Gasteiger partial charge is 0.352 e. The third-order valence-corrected chi connectivity index (χ3v) is 5.22. The maximum atomic E-state index is 8.89. The van der Waals surface area contributed by atoms with Crippen molar-refractivity contribution in [3.05, 3.63) is 47.5 Å². The predicted molar refractivity (Wildman–Crippen MR) is 94.5 cm³/mol. The van der Waals surface area contributed by atoms with Crippen LogP contribution in [0.2, 0.25) is 0 Å². The Morgan fingerprint density at radius 3 is 2.29 bits per heavy atom. The van der Waals surface area contributed by atoms with Gasteiger partial charge < -0.3 is 9.47 Å². The molecule has 1 saturated carbocycles. The number of rotatable bonds is 5. The maximum Gasteiger partial charge on any atom is 0.160 e. The molecule has 0 amide bonds. The molecular formula is C21H27NO2. The van der Waals surface area contributed by atoms with Gasteiger partial charge in [0.05, 0.1) is 24.8 Å². The third-order valence-electron chi connectivity index (χ3n) is 5.22. The van der Waals surface area contributed by atoms with Crippen LogP contribution in [0.1, 0.15) is 62.0 Å². The van der Waals surface area contributed by atoms with Crippen molar-refractivity contribution >= 4 is 0 Å². The molecule has 128 valence electrons. The Hall–Kier alpha value is -1.63. The summed E-state index contributed by atoms with van der Waals surface area (Å²) in [4.78, 5) is 0. The zero-order valence-electron chi connectivity index (χ0n) is 14.3. The van der Waals surface area contributed by atoms with Gasteiger partial charge in [-0.15, -0.1) is 0 Å². The normalized spacial score (nSPS) is 25.6. The van der Waals surface area contributed by atoms with Gasteiger partial charge in [0.15, 0.2) is 6.29 Å². The van der Waals surface area contributed by atoms with Crippen LogP contribution in [0.15, 0.2) is 36.4 Å². The second kappa shape index (κ2) is 9.01. The lowest BCUT2D eigenvalue weighted by Gasteiger charge is -2.28. The van der Waals surface area contributed by atoms with E-state index in [0.717, 1.165) is 37.5 Å². The summed E-state index contributed by atoms with van der Waals surface area (Å²) in [6.07, 6.45) is 12.7. The standard InChI is InChI=1S/C21H27NO2/c22-16-18-8-12-20(13-9-18)19-10-6-17(7-11-19)4-1-2-5-21-23-14-3-15-24-21/h1-2,8-9,12-13,17,19,21H,3-7,10-11,14-15H2/b2-1+. The monoisotopic (exact) mass is 325 g/mol. The van der Waals surface area contributed by atoms with Crippen LogP contribution in [-0.4, -0.2) is 19.5 Å². The zero-order valence-corrected chi connectivity index (χ0v) is 14.3. The molecule has 1 saturated heterocycles. The van der Waals surface area contributed by atoms with Crippen LogP contribution >= 0.6 is 0 Å². The molecule has 0 bridgehead atoms. The Kier molecular flexibility index (Phi) is 6.46. The van der Waals surface area contributed by atoms with Crippen LogP contribution in [-0.2, 0) is 9.47 Å². The number of hydrogen-bond donors (Lipinski definition) is 0. The van der Waals surface area contributed by atoms with Gasteiger partial charge in [0.2, 0.25) is 0 Å². The molecule has 0 unspecified atom stereocenters. The first-order valence-electron chi connectivity index (χ1n) is 9.23. The molecular weight excluding hydrogens is 298 g/mol. The lowest BCUT2D eigenvalue weighted by molar-refractivity contribution is -0.175. The molecule has 1 aliphatic carbocycles. The molecule has 24 heavy (non-hydrogen) atoms. The second-order valence-electron chi connectivity index (χ2n) is 6.92. The second-order valence-corrected chi connectivity index (χ2v) is 6.92. The molecule has 0 N–H and O–H groups in total. The fraction of sp³-hybridized carbons (Fsp3) is 0.571. The van der Waals surface area contributed by atoms with Crippen LogP contribution in [0.25, 0.3) is 0 Å². The van der Waals surface area contributed by atoms with Gasteiger partial charge in [-0.05, 0) is 68.1 Å². The number of nitriles is 1. The molecule has 1 heterocycles.